The van der Waals surface area contributed by atoms with Gasteiger partial charge in [-0.2, -0.15) is 4.37 Å². The largest absolute Gasteiger partial charge is 0.321 e. The van der Waals surface area contributed by atoms with E-state index in [1.807, 2.05) is 25.1 Å². The van der Waals surface area contributed by atoms with Crippen molar-refractivity contribution < 1.29 is 4.79 Å². The number of hydrogen-bond acceptors (Lipinski definition) is 3. The number of nitrogens with zero attached hydrogens (tertiary/aromatic N) is 1. The molecule has 0 saturated heterocycles. The van der Waals surface area contributed by atoms with Gasteiger partial charge in [0, 0.05) is 5.69 Å². The second-order valence-electron chi connectivity index (χ2n) is 6.54. The Labute approximate surface area is 129 Å². The lowest BCUT2D eigenvalue weighted by molar-refractivity contribution is 0.103. The first kappa shape index (κ1) is 14.3. The van der Waals surface area contributed by atoms with E-state index in [4.69, 9.17) is 0 Å². The van der Waals surface area contributed by atoms with Crippen LogP contribution in [0.15, 0.2) is 24.3 Å². The van der Waals surface area contributed by atoms with Crippen molar-refractivity contribution >= 4 is 23.1 Å². The van der Waals surface area contributed by atoms with Gasteiger partial charge in [0.25, 0.3) is 5.91 Å². The Kier molecular flexibility index (Phi) is 3.36. The third-order valence-corrected chi connectivity index (χ3v) is 5.12. The van der Waals surface area contributed by atoms with E-state index >= 15 is 0 Å². The zero-order chi connectivity index (χ0) is 15.2. The number of amides is 1. The predicted octanol–water partition coefficient (Wildman–Crippen LogP) is 4.49. The summed E-state index contributed by atoms with van der Waals surface area (Å²) in [7, 11) is 0. The van der Waals surface area contributed by atoms with Crippen LogP contribution in [0.2, 0.25) is 0 Å². The van der Waals surface area contributed by atoms with Crippen molar-refractivity contribution in [2.24, 2.45) is 0 Å². The molecule has 4 heteroatoms. The molecule has 1 N–H and O–H groups in total. The summed E-state index contributed by atoms with van der Waals surface area (Å²) in [5.41, 5.74) is 4.65. The van der Waals surface area contributed by atoms with Crippen LogP contribution in [0.3, 0.4) is 0 Å². The van der Waals surface area contributed by atoms with Crippen LogP contribution >= 0.6 is 11.5 Å². The van der Waals surface area contributed by atoms with Gasteiger partial charge >= 0.3 is 0 Å². The van der Waals surface area contributed by atoms with E-state index in [9.17, 15) is 4.79 Å². The Morgan fingerprint density at radius 2 is 2.19 bits per heavy atom. The molecule has 0 aliphatic heterocycles. The maximum absolute atomic E-state index is 12.4. The molecule has 1 unspecified atom stereocenters. The average Bonchev–Trinajstić information content (AvgIpc) is 2.93. The van der Waals surface area contributed by atoms with Crippen molar-refractivity contribution in [3.8, 4) is 0 Å². The molecule has 0 saturated carbocycles. The minimum atomic E-state index is -0.0640. The Morgan fingerprint density at radius 3 is 2.86 bits per heavy atom. The molecule has 1 aromatic carbocycles. The fourth-order valence-electron chi connectivity index (χ4n) is 3.43. The van der Waals surface area contributed by atoms with Gasteiger partial charge in [0.1, 0.15) is 4.88 Å². The van der Waals surface area contributed by atoms with Gasteiger partial charge in [-0.15, -0.1) is 0 Å². The number of carbonyl (C=O) groups is 1. The van der Waals surface area contributed by atoms with Gasteiger partial charge < -0.3 is 5.32 Å². The third-order valence-electron chi connectivity index (χ3n) is 4.24. The van der Waals surface area contributed by atoms with Crippen molar-refractivity contribution in [1.29, 1.82) is 0 Å². The van der Waals surface area contributed by atoms with E-state index in [1.54, 1.807) is 0 Å². The van der Waals surface area contributed by atoms with Gasteiger partial charge in [-0.1, -0.05) is 32.9 Å². The summed E-state index contributed by atoms with van der Waals surface area (Å²) in [6, 6.07) is 8.05. The number of aryl methyl sites for hydroxylation is 1. The summed E-state index contributed by atoms with van der Waals surface area (Å²) in [5, 5.41) is 3.07. The molecule has 1 aromatic heterocycles. The molecular formula is C17H20N2OS. The molecule has 1 amide bonds. The number of anilines is 1. The highest BCUT2D eigenvalue weighted by Crippen LogP contribution is 2.48. The number of rotatable bonds is 2. The van der Waals surface area contributed by atoms with Crippen molar-refractivity contribution in [2.45, 2.75) is 45.4 Å². The normalized spacial score (nSPS) is 19.3. The number of hydrogen-bond donors (Lipinski definition) is 1. The molecule has 3 rings (SSSR count). The van der Waals surface area contributed by atoms with E-state index in [0.29, 0.717) is 10.8 Å². The van der Waals surface area contributed by atoms with Gasteiger partial charge in [0.15, 0.2) is 0 Å². The number of fused-ring (bicyclic) bond motifs is 1. The van der Waals surface area contributed by atoms with E-state index in [-0.39, 0.29) is 11.3 Å². The van der Waals surface area contributed by atoms with Crippen molar-refractivity contribution in [2.75, 3.05) is 5.32 Å². The molecule has 0 fully saturated rings. The lowest BCUT2D eigenvalue weighted by Crippen LogP contribution is -2.14. The molecular weight excluding hydrogens is 280 g/mol. The molecule has 0 spiro atoms. The van der Waals surface area contributed by atoms with Crippen LogP contribution in [0.1, 0.15) is 59.6 Å². The molecule has 2 aromatic rings. The molecule has 0 bridgehead atoms. The summed E-state index contributed by atoms with van der Waals surface area (Å²) in [6.45, 7) is 8.68. The van der Waals surface area contributed by atoms with Gasteiger partial charge in [-0.25, -0.2) is 0 Å². The van der Waals surface area contributed by atoms with Gasteiger partial charge in [-0.05, 0) is 59.5 Å². The Morgan fingerprint density at radius 1 is 1.43 bits per heavy atom. The molecule has 1 aliphatic carbocycles. The summed E-state index contributed by atoms with van der Waals surface area (Å²) in [5.74, 6) is 0.403. The van der Waals surface area contributed by atoms with Gasteiger partial charge in [-0.3, -0.25) is 4.79 Å². The fourth-order valence-corrected chi connectivity index (χ4v) is 4.08. The predicted molar refractivity (Wildman–Crippen MR) is 87.3 cm³/mol. The molecule has 110 valence electrons. The number of carbonyl (C=O) groups excluding carboxylic acids is 1. The van der Waals surface area contributed by atoms with Crippen LogP contribution in [0, 0.1) is 6.92 Å². The number of nitrogens with one attached hydrogen (secondary N) is 1. The quantitative estimate of drug-likeness (QED) is 0.888. The number of benzene rings is 1. The minimum absolute atomic E-state index is 0.0640. The van der Waals surface area contributed by atoms with Crippen LogP contribution in [-0.4, -0.2) is 10.3 Å². The Bertz CT molecular complexity index is 703. The molecule has 0 radical (unpaired) electrons. The molecule has 3 nitrogen and oxygen atoms in total. The summed E-state index contributed by atoms with van der Waals surface area (Å²) in [6.07, 6.45) is 1.12. The molecule has 1 heterocycles. The zero-order valence-electron chi connectivity index (χ0n) is 12.9. The SMILES string of the molecule is Cc1cc(C(=O)Nc2cccc3c2C(C)CC3(C)C)sn1. The second-order valence-corrected chi connectivity index (χ2v) is 7.35. The van der Waals surface area contributed by atoms with Gasteiger partial charge in [0.05, 0.1) is 5.69 Å². The molecule has 1 aliphatic rings. The van der Waals surface area contributed by atoms with E-state index in [0.717, 1.165) is 17.8 Å². The maximum Gasteiger partial charge on any atom is 0.267 e. The van der Waals surface area contributed by atoms with E-state index in [2.05, 4.69) is 36.5 Å². The maximum atomic E-state index is 12.4. The van der Waals surface area contributed by atoms with Crippen LogP contribution in [0.25, 0.3) is 0 Å². The van der Waals surface area contributed by atoms with Crippen LogP contribution in [0.5, 0.6) is 0 Å². The monoisotopic (exact) mass is 300 g/mol. The first-order chi connectivity index (χ1) is 9.88. The van der Waals surface area contributed by atoms with Crippen LogP contribution in [-0.2, 0) is 5.41 Å². The second kappa shape index (κ2) is 4.95. The zero-order valence-corrected chi connectivity index (χ0v) is 13.7. The summed E-state index contributed by atoms with van der Waals surface area (Å²) in [4.78, 5) is 13.0. The standard InChI is InChI=1S/C17H20N2OS/c1-10-9-17(3,4)12-6-5-7-13(15(10)12)18-16(20)14-8-11(2)19-21-14/h5-8,10H,9H2,1-4H3,(H,18,20). The van der Waals surface area contributed by atoms with E-state index < -0.39 is 0 Å². The highest BCUT2D eigenvalue weighted by molar-refractivity contribution is 7.08. The van der Waals surface area contributed by atoms with Gasteiger partial charge in [0.2, 0.25) is 0 Å². The first-order valence-corrected chi connectivity index (χ1v) is 8.04. The average molecular weight is 300 g/mol. The van der Waals surface area contributed by atoms with Crippen molar-refractivity contribution in [3.05, 3.63) is 46.0 Å². The molecule has 1 atom stereocenters. The first-order valence-electron chi connectivity index (χ1n) is 7.26. The van der Waals surface area contributed by atoms with Crippen molar-refractivity contribution in [3.63, 3.8) is 0 Å². The molecule has 21 heavy (non-hydrogen) atoms. The number of aromatic nitrogens is 1. The van der Waals surface area contributed by atoms with Crippen molar-refractivity contribution in [1.82, 2.24) is 4.37 Å². The minimum Gasteiger partial charge on any atom is -0.321 e. The van der Waals surface area contributed by atoms with Crippen LogP contribution in [0.4, 0.5) is 5.69 Å². The highest BCUT2D eigenvalue weighted by Gasteiger charge is 2.36. The third kappa shape index (κ3) is 2.48. The summed E-state index contributed by atoms with van der Waals surface area (Å²) >= 11 is 1.25. The smallest absolute Gasteiger partial charge is 0.267 e. The van der Waals surface area contributed by atoms with E-state index in [1.165, 1.54) is 22.7 Å². The highest BCUT2D eigenvalue weighted by atomic mass is 32.1. The lowest BCUT2D eigenvalue weighted by atomic mass is 9.86. The lowest BCUT2D eigenvalue weighted by Gasteiger charge is -2.19. The fraction of sp³-hybridized carbons (Fsp3) is 0.412. The Hall–Kier alpha value is -1.68. The summed E-state index contributed by atoms with van der Waals surface area (Å²) < 4.78 is 4.17. The Balaban J connectivity index is 1.94. The topological polar surface area (TPSA) is 42.0 Å². The van der Waals surface area contributed by atoms with Crippen LogP contribution < -0.4 is 5.32 Å².